The Hall–Kier alpha value is -1.77. The molecule has 176 valence electrons. The van der Waals surface area contributed by atoms with Crippen LogP contribution in [0.1, 0.15) is 72.0 Å². The molecule has 1 fully saturated rings. The van der Waals surface area contributed by atoms with Gasteiger partial charge in [0.15, 0.2) is 6.04 Å². The van der Waals surface area contributed by atoms with Gasteiger partial charge in [0, 0.05) is 36.7 Å². The zero-order chi connectivity index (χ0) is 23.1. The van der Waals surface area contributed by atoms with E-state index >= 15 is 0 Å². The van der Waals surface area contributed by atoms with Crippen molar-refractivity contribution in [2.45, 2.75) is 90.6 Å². The molecule has 0 saturated carbocycles. The fraction of sp³-hybridized carbons (Fsp3) is 0.818. The average molecular weight is 444 g/mol. The van der Waals surface area contributed by atoms with Gasteiger partial charge < -0.3 is 10.2 Å². The van der Waals surface area contributed by atoms with Gasteiger partial charge in [-0.2, -0.15) is 18.3 Å². The predicted octanol–water partition coefficient (Wildman–Crippen LogP) is 4.26. The monoisotopic (exact) mass is 443 g/mol. The van der Waals surface area contributed by atoms with E-state index < -0.39 is 12.2 Å². The van der Waals surface area contributed by atoms with E-state index in [2.05, 4.69) is 15.3 Å². The maximum atomic E-state index is 13.7. The molecule has 1 N–H and O–H groups in total. The van der Waals surface area contributed by atoms with E-state index in [1.807, 2.05) is 46.4 Å². The molecule has 2 aliphatic heterocycles. The number of carbonyl (C=O) groups is 1. The SMILES string of the molecule is CC(C)[C@@H]1C[C@H](C(F)(F)F)n2nc([C@H]3CCN(CC(=O)N(C(C)C)C(C)C)C3)cc2N1. The third-order valence-electron chi connectivity index (χ3n) is 6.49. The molecule has 6 nitrogen and oxygen atoms in total. The van der Waals surface area contributed by atoms with Gasteiger partial charge in [0.25, 0.3) is 0 Å². The molecule has 0 bridgehead atoms. The lowest BCUT2D eigenvalue weighted by atomic mass is 9.94. The van der Waals surface area contributed by atoms with Crippen molar-refractivity contribution in [2.24, 2.45) is 5.92 Å². The Kier molecular flexibility index (Phi) is 6.93. The molecule has 3 atom stereocenters. The Labute approximate surface area is 183 Å². The number of amides is 1. The molecule has 1 amide bonds. The Balaban J connectivity index is 1.72. The number of anilines is 1. The van der Waals surface area contributed by atoms with Gasteiger partial charge >= 0.3 is 6.18 Å². The highest BCUT2D eigenvalue weighted by Crippen LogP contribution is 2.42. The van der Waals surface area contributed by atoms with Crippen LogP contribution >= 0.6 is 0 Å². The first-order valence-electron chi connectivity index (χ1n) is 11.3. The number of hydrogen-bond acceptors (Lipinski definition) is 4. The molecule has 0 aromatic carbocycles. The Morgan fingerprint density at radius 2 is 1.87 bits per heavy atom. The van der Waals surface area contributed by atoms with E-state index in [0.29, 0.717) is 24.6 Å². The maximum absolute atomic E-state index is 13.7. The van der Waals surface area contributed by atoms with Crippen molar-refractivity contribution in [1.82, 2.24) is 19.6 Å². The van der Waals surface area contributed by atoms with E-state index in [1.54, 1.807) is 6.07 Å². The van der Waals surface area contributed by atoms with Crippen LogP contribution in [0.25, 0.3) is 0 Å². The molecular formula is C22H36F3N5O. The summed E-state index contributed by atoms with van der Waals surface area (Å²) in [5.41, 5.74) is 0.681. The zero-order valence-corrected chi connectivity index (χ0v) is 19.4. The van der Waals surface area contributed by atoms with E-state index in [4.69, 9.17) is 0 Å². The smallest absolute Gasteiger partial charge is 0.367 e. The van der Waals surface area contributed by atoms with Crippen molar-refractivity contribution in [3.8, 4) is 0 Å². The summed E-state index contributed by atoms with van der Waals surface area (Å²) in [4.78, 5) is 16.7. The number of rotatable bonds is 6. The van der Waals surface area contributed by atoms with Gasteiger partial charge in [0.1, 0.15) is 5.82 Å². The molecule has 3 heterocycles. The molecule has 0 aliphatic carbocycles. The quantitative estimate of drug-likeness (QED) is 0.714. The van der Waals surface area contributed by atoms with Crippen LogP contribution in [0.5, 0.6) is 0 Å². The fourth-order valence-electron chi connectivity index (χ4n) is 4.92. The topological polar surface area (TPSA) is 53.4 Å². The van der Waals surface area contributed by atoms with Crippen molar-refractivity contribution in [3.63, 3.8) is 0 Å². The molecule has 31 heavy (non-hydrogen) atoms. The molecule has 1 aromatic heterocycles. The molecule has 0 spiro atoms. The largest absolute Gasteiger partial charge is 0.410 e. The molecule has 1 aromatic rings. The number of halogens is 3. The van der Waals surface area contributed by atoms with Gasteiger partial charge in [-0.15, -0.1) is 0 Å². The number of hydrogen-bond donors (Lipinski definition) is 1. The summed E-state index contributed by atoms with van der Waals surface area (Å²) < 4.78 is 42.3. The highest BCUT2D eigenvalue weighted by molar-refractivity contribution is 5.78. The third-order valence-corrected chi connectivity index (χ3v) is 6.49. The number of fused-ring (bicyclic) bond motifs is 1. The maximum Gasteiger partial charge on any atom is 0.410 e. The van der Waals surface area contributed by atoms with Crippen LogP contribution in [0, 0.1) is 5.92 Å². The minimum Gasteiger partial charge on any atom is -0.367 e. The van der Waals surface area contributed by atoms with Crippen LogP contribution < -0.4 is 5.32 Å². The highest BCUT2D eigenvalue weighted by atomic mass is 19.4. The Morgan fingerprint density at radius 1 is 1.23 bits per heavy atom. The van der Waals surface area contributed by atoms with E-state index in [1.165, 1.54) is 0 Å². The van der Waals surface area contributed by atoms with Gasteiger partial charge in [-0.1, -0.05) is 13.8 Å². The van der Waals surface area contributed by atoms with Crippen LogP contribution in [0.15, 0.2) is 6.07 Å². The predicted molar refractivity (Wildman–Crippen MR) is 115 cm³/mol. The number of aromatic nitrogens is 2. The summed E-state index contributed by atoms with van der Waals surface area (Å²) in [6.07, 6.45) is -3.56. The van der Waals surface area contributed by atoms with Crippen LogP contribution in [-0.2, 0) is 4.79 Å². The summed E-state index contributed by atoms with van der Waals surface area (Å²) in [5.74, 6) is 0.663. The second-order valence-electron chi connectivity index (χ2n) is 9.90. The normalized spacial score (nSPS) is 24.7. The average Bonchev–Trinajstić information content (AvgIpc) is 3.25. The van der Waals surface area contributed by atoms with Crippen LogP contribution in [0.4, 0.5) is 19.0 Å². The lowest BCUT2D eigenvalue weighted by molar-refractivity contribution is -0.174. The van der Waals surface area contributed by atoms with Crippen LogP contribution in [0.3, 0.4) is 0 Å². The number of carbonyl (C=O) groups excluding carboxylic acids is 1. The first kappa shape index (κ1) is 23.9. The minimum absolute atomic E-state index is 0.0131. The third kappa shape index (κ3) is 5.18. The van der Waals surface area contributed by atoms with Crippen molar-refractivity contribution in [1.29, 1.82) is 0 Å². The Morgan fingerprint density at radius 3 is 2.42 bits per heavy atom. The van der Waals surface area contributed by atoms with Crippen molar-refractivity contribution < 1.29 is 18.0 Å². The van der Waals surface area contributed by atoms with Crippen molar-refractivity contribution in [3.05, 3.63) is 11.8 Å². The van der Waals surface area contributed by atoms with Crippen LogP contribution in [0.2, 0.25) is 0 Å². The first-order valence-corrected chi connectivity index (χ1v) is 11.3. The summed E-state index contributed by atoms with van der Waals surface area (Å²) in [6, 6.07) is 0.196. The Bertz CT molecular complexity index is 766. The van der Waals surface area contributed by atoms with E-state index in [0.717, 1.165) is 17.6 Å². The highest BCUT2D eigenvalue weighted by Gasteiger charge is 2.47. The second kappa shape index (κ2) is 9.00. The minimum atomic E-state index is -4.33. The molecule has 3 rings (SSSR count). The number of nitrogens with one attached hydrogen (secondary N) is 1. The van der Waals surface area contributed by atoms with Gasteiger partial charge in [-0.3, -0.25) is 9.69 Å². The van der Waals surface area contributed by atoms with Crippen LogP contribution in [-0.4, -0.2) is 69.4 Å². The van der Waals surface area contributed by atoms with Crippen molar-refractivity contribution >= 4 is 11.7 Å². The molecule has 0 radical (unpaired) electrons. The fourth-order valence-corrected chi connectivity index (χ4v) is 4.92. The summed E-state index contributed by atoms with van der Waals surface area (Å²) in [7, 11) is 0. The number of nitrogens with zero attached hydrogens (tertiary/aromatic N) is 4. The standard InChI is InChI=1S/C22H36F3N5O/c1-13(2)17-9-19(22(23,24)25)30-20(26-17)10-18(27-30)16-7-8-28(11-16)12-21(31)29(14(3)4)15(5)6/h10,13-17,19,26H,7-9,11-12H2,1-6H3/t16-,17-,19+/m0/s1. The van der Waals surface area contributed by atoms with Gasteiger partial charge in [-0.25, -0.2) is 4.68 Å². The molecular weight excluding hydrogens is 407 g/mol. The zero-order valence-electron chi connectivity index (χ0n) is 19.4. The van der Waals surface area contributed by atoms with Gasteiger partial charge in [-0.05, 0) is 53.0 Å². The summed E-state index contributed by atoms with van der Waals surface area (Å²) in [6.45, 7) is 13.6. The second-order valence-corrected chi connectivity index (χ2v) is 9.90. The lowest BCUT2D eigenvalue weighted by Crippen LogP contribution is -2.46. The lowest BCUT2D eigenvalue weighted by Gasteiger charge is -2.35. The number of likely N-dealkylation sites (tertiary alicyclic amines) is 1. The molecule has 9 heteroatoms. The molecule has 2 aliphatic rings. The van der Waals surface area contributed by atoms with Crippen molar-refractivity contribution in [2.75, 3.05) is 25.0 Å². The van der Waals surface area contributed by atoms with Gasteiger partial charge in [0.05, 0.1) is 12.2 Å². The van der Waals surface area contributed by atoms with Gasteiger partial charge in [0.2, 0.25) is 5.91 Å². The first-order chi connectivity index (χ1) is 14.4. The van der Waals surface area contributed by atoms with E-state index in [-0.39, 0.29) is 42.3 Å². The number of alkyl halides is 3. The summed E-state index contributed by atoms with van der Waals surface area (Å²) in [5, 5.41) is 7.64. The molecule has 0 unspecified atom stereocenters. The molecule has 1 saturated heterocycles. The summed E-state index contributed by atoms with van der Waals surface area (Å²) >= 11 is 0. The van der Waals surface area contributed by atoms with E-state index in [9.17, 15) is 18.0 Å².